The fourth-order valence-electron chi connectivity index (χ4n) is 2.06. The first-order chi connectivity index (χ1) is 9.16. The normalized spacial score (nSPS) is 15.7. The third kappa shape index (κ3) is 3.64. The molecule has 100 valence electrons. The molecule has 2 heterocycles. The summed E-state index contributed by atoms with van der Waals surface area (Å²) < 4.78 is 0. The molecule has 1 saturated heterocycles. The molecule has 0 unspecified atom stereocenters. The maximum Gasteiger partial charge on any atom is 0.328 e. The number of amides is 1. The number of hydrogen-bond acceptors (Lipinski definition) is 3. The van der Waals surface area contributed by atoms with E-state index < -0.39 is 5.97 Å². The highest BCUT2D eigenvalue weighted by atomic mass is 16.4. The molecule has 0 spiro atoms. The van der Waals surface area contributed by atoms with Crippen molar-refractivity contribution < 1.29 is 14.7 Å². The molecule has 1 fully saturated rings. The van der Waals surface area contributed by atoms with Gasteiger partial charge in [0.05, 0.1) is 0 Å². The second kappa shape index (κ2) is 6.13. The molecule has 5 heteroatoms. The Kier molecular flexibility index (Phi) is 4.28. The van der Waals surface area contributed by atoms with Gasteiger partial charge in [-0.1, -0.05) is 6.07 Å². The van der Waals surface area contributed by atoms with Crippen molar-refractivity contribution in [2.75, 3.05) is 13.1 Å². The smallest absolute Gasteiger partial charge is 0.328 e. The summed E-state index contributed by atoms with van der Waals surface area (Å²) in [7, 11) is 0. The average molecular weight is 260 g/mol. The summed E-state index contributed by atoms with van der Waals surface area (Å²) in [4.78, 5) is 28.4. The van der Waals surface area contributed by atoms with E-state index in [1.165, 1.54) is 18.7 Å². The summed E-state index contributed by atoms with van der Waals surface area (Å²) in [6, 6.07) is 3.34. The van der Waals surface area contributed by atoms with E-state index >= 15 is 0 Å². The number of pyridine rings is 1. The van der Waals surface area contributed by atoms with Gasteiger partial charge in [0.25, 0.3) is 5.91 Å². The van der Waals surface area contributed by atoms with Gasteiger partial charge in [-0.3, -0.25) is 9.78 Å². The number of hydrogen-bond donors (Lipinski definition) is 1. The zero-order chi connectivity index (χ0) is 13.7. The van der Waals surface area contributed by atoms with E-state index in [0.717, 1.165) is 32.0 Å². The molecule has 1 amide bonds. The summed E-state index contributed by atoms with van der Waals surface area (Å²) >= 11 is 0. The van der Waals surface area contributed by atoms with Gasteiger partial charge in [0.1, 0.15) is 5.69 Å². The highest BCUT2D eigenvalue weighted by Crippen LogP contribution is 2.12. The Balaban J connectivity index is 2.05. The number of carbonyl (C=O) groups is 2. The topological polar surface area (TPSA) is 70.5 Å². The minimum atomic E-state index is -1.01. The van der Waals surface area contributed by atoms with Crippen molar-refractivity contribution in [3.63, 3.8) is 0 Å². The first-order valence-electron chi connectivity index (χ1n) is 6.33. The zero-order valence-corrected chi connectivity index (χ0v) is 10.6. The van der Waals surface area contributed by atoms with Crippen LogP contribution >= 0.6 is 0 Å². The van der Waals surface area contributed by atoms with Crippen LogP contribution in [0, 0.1) is 0 Å². The van der Waals surface area contributed by atoms with Gasteiger partial charge in [0.15, 0.2) is 0 Å². The van der Waals surface area contributed by atoms with E-state index in [1.807, 2.05) is 4.90 Å². The highest BCUT2D eigenvalue weighted by Gasteiger charge is 2.18. The van der Waals surface area contributed by atoms with Crippen LogP contribution in [0.4, 0.5) is 0 Å². The number of aliphatic carboxylic acids is 1. The lowest BCUT2D eigenvalue weighted by Gasteiger charge is -2.26. The molecular weight excluding hydrogens is 244 g/mol. The Morgan fingerprint density at radius 2 is 1.95 bits per heavy atom. The Labute approximate surface area is 111 Å². The van der Waals surface area contributed by atoms with Crippen LogP contribution in [-0.4, -0.2) is 40.0 Å². The molecule has 1 aliphatic heterocycles. The standard InChI is InChI=1S/C14H16N2O3/c17-13(18)7-5-11-4-6-12(15-10-11)14(19)16-8-2-1-3-9-16/h4-7,10H,1-3,8-9H2,(H,17,18). The van der Waals surface area contributed by atoms with Crippen LogP contribution in [0.5, 0.6) is 0 Å². The van der Waals surface area contributed by atoms with E-state index in [2.05, 4.69) is 4.98 Å². The Morgan fingerprint density at radius 3 is 2.53 bits per heavy atom. The lowest BCUT2D eigenvalue weighted by Crippen LogP contribution is -2.36. The molecule has 0 atom stereocenters. The van der Waals surface area contributed by atoms with Gasteiger partial charge < -0.3 is 10.0 Å². The number of carbonyl (C=O) groups excluding carboxylic acids is 1. The average Bonchev–Trinajstić information content (AvgIpc) is 2.46. The van der Waals surface area contributed by atoms with Gasteiger partial charge in [0.2, 0.25) is 0 Å². The first-order valence-corrected chi connectivity index (χ1v) is 6.33. The molecule has 0 aromatic carbocycles. The van der Waals surface area contributed by atoms with Crippen LogP contribution in [0.1, 0.15) is 35.3 Å². The van der Waals surface area contributed by atoms with Gasteiger partial charge in [-0.25, -0.2) is 4.79 Å². The van der Waals surface area contributed by atoms with E-state index in [4.69, 9.17) is 5.11 Å². The molecule has 2 rings (SSSR count). The maximum absolute atomic E-state index is 12.1. The number of nitrogens with zero attached hydrogens (tertiary/aromatic N) is 2. The van der Waals surface area contributed by atoms with Crippen molar-refractivity contribution in [3.8, 4) is 0 Å². The van der Waals surface area contributed by atoms with Crippen molar-refractivity contribution in [1.82, 2.24) is 9.88 Å². The molecule has 19 heavy (non-hydrogen) atoms. The number of aromatic nitrogens is 1. The lowest BCUT2D eigenvalue weighted by molar-refractivity contribution is -0.131. The number of rotatable bonds is 3. The fourth-order valence-corrected chi connectivity index (χ4v) is 2.06. The SMILES string of the molecule is O=C(O)C=Cc1ccc(C(=O)N2CCCCC2)nc1. The molecule has 0 saturated carbocycles. The van der Waals surface area contributed by atoms with Crippen LogP contribution in [0.2, 0.25) is 0 Å². The van der Waals surface area contributed by atoms with Crippen LogP contribution < -0.4 is 0 Å². The maximum atomic E-state index is 12.1. The zero-order valence-electron chi connectivity index (χ0n) is 10.6. The second-order valence-corrected chi connectivity index (χ2v) is 4.50. The minimum Gasteiger partial charge on any atom is -0.478 e. The van der Waals surface area contributed by atoms with E-state index in [-0.39, 0.29) is 5.91 Å². The molecule has 1 N–H and O–H groups in total. The summed E-state index contributed by atoms with van der Waals surface area (Å²) in [6.45, 7) is 1.59. The lowest BCUT2D eigenvalue weighted by atomic mass is 10.1. The molecule has 1 aromatic heterocycles. The van der Waals surface area contributed by atoms with Crippen LogP contribution in [0.15, 0.2) is 24.4 Å². The van der Waals surface area contributed by atoms with Crippen molar-refractivity contribution in [2.45, 2.75) is 19.3 Å². The molecule has 5 nitrogen and oxygen atoms in total. The van der Waals surface area contributed by atoms with Crippen LogP contribution in [0.25, 0.3) is 6.08 Å². The molecule has 0 bridgehead atoms. The van der Waals surface area contributed by atoms with Crippen LogP contribution in [-0.2, 0) is 4.79 Å². The van der Waals surface area contributed by atoms with E-state index in [9.17, 15) is 9.59 Å². The predicted octanol–water partition coefficient (Wildman–Crippen LogP) is 1.81. The van der Waals surface area contributed by atoms with Crippen molar-refractivity contribution >= 4 is 18.0 Å². The summed E-state index contributed by atoms with van der Waals surface area (Å²) in [5, 5.41) is 8.52. The quantitative estimate of drug-likeness (QED) is 0.841. The van der Waals surface area contributed by atoms with Crippen molar-refractivity contribution in [1.29, 1.82) is 0 Å². The van der Waals surface area contributed by atoms with Gasteiger partial charge in [0, 0.05) is 25.4 Å². The van der Waals surface area contributed by atoms with Gasteiger partial charge in [-0.15, -0.1) is 0 Å². The first kappa shape index (κ1) is 13.3. The monoisotopic (exact) mass is 260 g/mol. The van der Waals surface area contributed by atoms with E-state index in [1.54, 1.807) is 12.1 Å². The Hall–Kier alpha value is -2.17. The fraction of sp³-hybridized carbons (Fsp3) is 0.357. The summed E-state index contributed by atoms with van der Waals surface area (Å²) in [5.74, 6) is -1.05. The molecule has 1 aromatic rings. The highest BCUT2D eigenvalue weighted by molar-refractivity contribution is 5.92. The number of carboxylic acids is 1. The summed E-state index contributed by atoms with van der Waals surface area (Å²) in [5.41, 5.74) is 1.08. The molecule has 0 aliphatic carbocycles. The van der Waals surface area contributed by atoms with Crippen LogP contribution in [0.3, 0.4) is 0 Å². The third-order valence-corrected chi connectivity index (χ3v) is 3.07. The number of piperidine rings is 1. The third-order valence-electron chi connectivity index (χ3n) is 3.07. The van der Waals surface area contributed by atoms with E-state index in [0.29, 0.717) is 11.3 Å². The van der Waals surface area contributed by atoms with Gasteiger partial charge in [-0.05, 0) is 37.0 Å². The largest absolute Gasteiger partial charge is 0.478 e. The molecule has 0 radical (unpaired) electrons. The van der Waals surface area contributed by atoms with Crippen molar-refractivity contribution in [3.05, 3.63) is 35.7 Å². The molecule has 1 aliphatic rings. The summed E-state index contributed by atoms with van der Waals surface area (Å²) in [6.07, 6.45) is 7.27. The predicted molar refractivity (Wildman–Crippen MR) is 70.7 cm³/mol. The second-order valence-electron chi connectivity index (χ2n) is 4.50. The Morgan fingerprint density at radius 1 is 1.21 bits per heavy atom. The minimum absolute atomic E-state index is 0.0477. The number of carboxylic acid groups (broad SMARTS) is 1. The Bertz CT molecular complexity index is 488. The van der Waals surface area contributed by atoms with Gasteiger partial charge in [-0.2, -0.15) is 0 Å². The molecular formula is C14H16N2O3. The van der Waals surface area contributed by atoms with Gasteiger partial charge >= 0.3 is 5.97 Å². The number of likely N-dealkylation sites (tertiary alicyclic amines) is 1. The van der Waals surface area contributed by atoms with Crippen molar-refractivity contribution in [2.24, 2.45) is 0 Å².